The van der Waals surface area contributed by atoms with Crippen LogP contribution in [0.1, 0.15) is 53.5 Å². The van der Waals surface area contributed by atoms with Crippen LogP contribution in [0, 0.1) is 16.7 Å². The molecule has 0 spiro atoms. The Bertz CT molecular complexity index is 1480. The second kappa shape index (κ2) is 15.3. The van der Waals surface area contributed by atoms with Gasteiger partial charge in [-0.15, -0.1) is 0 Å². The second-order valence-corrected chi connectivity index (χ2v) is 16.7. The first-order valence-corrected chi connectivity index (χ1v) is 17.7. The van der Waals surface area contributed by atoms with Crippen molar-refractivity contribution in [2.24, 2.45) is 16.7 Å². The number of hydrogen-bond acceptors (Lipinski definition) is 7. The molecule has 13 nitrogen and oxygen atoms in total. The summed E-state index contributed by atoms with van der Waals surface area (Å²) in [6.07, 6.45) is 2.72. The van der Waals surface area contributed by atoms with E-state index in [2.05, 4.69) is 26.3 Å². The average Bonchev–Trinajstić information content (AvgIpc) is 3.62. The largest absolute Gasteiger partial charge is 0.354 e. The minimum atomic E-state index is -3.53. The number of carbonyl (C=O) groups is 4. The fraction of sp³-hybridized carbons (Fsp3) is 0.656. The van der Waals surface area contributed by atoms with Crippen LogP contribution in [0.2, 0.25) is 0 Å². The Morgan fingerprint density at radius 2 is 1.73 bits per heavy atom. The van der Waals surface area contributed by atoms with Gasteiger partial charge in [0.05, 0.1) is 6.26 Å². The van der Waals surface area contributed by atoms with E-state index >= 15 is 0 Å². The topological polar surface area (TPSA) is 170 Å². The molecule has 1 aromatic rings. The van der Waals surface area contributed by atoms with E-state index in [1.165, 1.54) is 11.9 Å². The van der Waals surface area contributed by atoms with Crippen molar-refractivity contribution in [1.29, 1.82) is 0 Å². The molecule has 0 bridgehead atoms. The van der Waals surface area contributed by atoms with Gasteiger partial charge in [-0.1, -0.05) is 53.7 Å². The van der Waals surface area contributed by atoms with Gasteiger partial charge in [-0.05, 0) is 34.5 Å². The number of sulfonamides is 1. The van der Waals surface area contributed by atoms with E-state index in [9.17, 15) is 36.4 Å². The molecule has 1 fully saturated rings. The number of urea groups is 1. The van der Waals surface area contributed by atoms with Crippen LogP contribution in [0.3, 0.4) is 0 Å². The minimum Gasteiger partial charge on any atom is -0.354 e. The van der Waals surface area contributed by atoms with Crippen molar-refractivity contribution >= 4 is 33.8 Å². The van der Waals surface area contributed by atoms with Gasteiger partial charge in [-0.2, -0.15) is 0 Å². The summed E-state index contributed by atoms with van der Waals surface area (Å²) in [6, 6.07) is -1.57. The summed E-state index contributed by atoms with van der Waals surface area (Å²) in [5.74, 6) is -2.27. The van der Waals surface area contributed by atoms with E-state index in [1.54, 1.807) is 39.2 Å². The Labute approximate surface area is 281 Å². The Hall–Kier alpha value is -3.66. The van der Waals surface area contributed by atoms with Gasteiger partial charge in [0, 0.05) is 57.5 Å². The van der Waals surface area contributed by atoms with Gasteiger partial charge < -0.3 is 26.2 Å². The van der Waals surface area contributed by atoms with Crippen LogP contribution in [-0.4, -0.2) is 110 Å². The molecule has 2 aliphatic rings. The lowest BCUT2D eigenvalue weighted by molar-refractivity contribution is -0.142. The van der Waals surface area contributed by atoms with Crippen molar-refractivity contribution in [1.82, 2.24) is 35.5 Å². The number of pyridine rings is 1. The zero-order valence-corrected chi connectivity index (χ0v) is 29.7. The maximum absolute atomic E-state index is 14.1. The van der Waals surface area contributed by atoms with Crippen molar-refractivity contribution in [2.45, 2.75) is 85.0 Å². The fourth-order valence-electron chi connectivity index (χ4n) is 5.38. The lowest BCUT2D eigenvalue weighted by Crippen LogP contribution is -2.62. The zero-order valence-electron chi connectivity index (χ0n) is 28.8. The second-order valence-electron chi connectivity index (χ2n) is 14.6. The first-order chi connectivity index (χ1) is 22.1. The van der Waals surface area contributed by atoms with Gasteiger partial charge in [0.25, 0.3) is 0 Å². The summed E-state index contributed by atoms with van der Waals surface area (Å²) in [5.41, 5.74) is 0.0970. The molecule has 3 rings (SSSR count). The average molecular weight is 698 g/mol. The maximum atomic E-state index is 14.1. The smallest absolute Gasteiger partial charge is 0.315 e. The van der Waals surface area contributed by atoms with Crippen LogP contribution < -0.4 is 21.3 Å². The molecule has 2 heterocycles. The molecule has 268 valence electrons. The monoisotopic (exact) mass is 697 g/mol. The number of rotatable bonds is 14. The molecule has 48 heavy (non-hydrogen) atoms. The number of amides is 5. The van der Waals surface area contributed by atoms with Gasteiger partial charge in [-0.3, -0.25) is 19.4 Å². The molecule has 4 N–H and O–H groups in total. The van der Waals surface area contributed by atoms with Crippen LogP contribution in [0.15, 0.2) is 36.2 Å². The predicted octanol–water partition coefficient (Wildman–Crippen LogP) is 1.67. The van der Waals surface area contributed by atoms with Crippen LogP contribution in [0.5, 0.6) is 0 Å². The van der Waals surface area contributed by atoms with Gasteiger partial charge in [0.1, 0.15) is 18.1 Å². The SMILES string of the molecule is CN(C[C@@H](NC(=O)N[C@H](C(=O)N1CC2C=C2[C@H]1C(=O)N[C@@H](CC(F)F)C(=O)NCCc1cccnc1)C(C)(C)C)C(C)(C)C)S(C)(=O)=O. The van der Waals surface area contributed by atoms with Gasteiger partial charge in [-0.25, -0.2) is 26.3 Å². The standard InChI is InChI=1S/C32H49F2N7O6S/c1-31(2,3)23(18-40(7)48(8,46)47)38-30(45)39-26(32(4,5)6)29(44)41-17-20-14-21(20)25(41)28(43)37-22(15-24(33)34)27(42)36-13-11-19-10-9-12-35-16-19/h9-10,12,14,16,20,22-26H,11,13,15,17-18H2,1-8H3,(H,36,42)(H,37,43)(H2,38,39,45)/t20?,22-,23+,25-,26+/m0/s1. The van der Waals surface area contributed by atoms with Crippen LogP contribution in [0.4, 0.5) is 13.6 Å². The Morgan fingerprint density at radius 3 is 2.27 bits per heavy atom. The molecule has 5 amide bonds. The van der Waals surface area contributed by atoms with E-state index in [1.807, 2.05) is 32.9 Å². The van der Waals surface area contributed by atoms with Gasteiger partial charge in [0.15, 0.2) is 0 Å². The quantitative estimate of drug-likeness (QED) is 0.214. The van der Waals surface area contributed by atoms with Crippen LogP contribution in [-0.2, 0) is 30.8 Å². The van der Waals surface area contributed by atoms with Crippen molar-refractivity contribution in [3.8, 4) is 0 Å². The van der Waals surface area contributed by atoms with E-state index in [0.717, 1.165) is 16.1 Å². The number of nitrogens with one attached hydrogen (secondary N) is 4. The summed E-state index contributed by atoms with van der Waals surface area (Å²) in [5, 5.41) is 10.6. The summed E-state index contributed by atoms with van der Waals surface area (Å²) in [4.78, 5) is 59.2. The summed E-state index contributed by atoms with van der Waals surface area (Å²) in [7, 11) is -2.12. The Morgan fingerprint density at radius 1 is 1.06 bits per heavy atom. The van der Waals surface area contributed by atoms with Gasteiger partial charge >= 0.3 is 6.03 Å². The van der Waals surface area contributed by atoms with Crippen molar-refractivity contribution < 1.29 is 36.4 Å². The number of aromatic nitrogens is 1. The highest BCUT2D eigenvalue weighted by Gasteiger charge is 2.52. The molecule has 1 aromatic heterocycles. The number of nitrogens with zero attached hydrogens (tertiary/aromatic N) is 3. The summed E-state index contributed by atoms with van der Waals surface area (Å²) < 4.78 is 52.2. The number of fused-ring (bicyclic) bond motifs is 1. The van der Waals surface area contributed by atoms with Crippen molar-refractivity contribution in [2.75, 3.05) is 32.9 Å². The minimum absolute atomic E-state index is 0.00901. The summed E-state index contributed by atoms with van der Waals surface area (Å²) in [6.45, 7) is 11.1. The Balaban J connectivity index is 1.73. The molecule has 1 saturated heterocycles. The Kier molecular flexibility index (Phi) is 12.3. The number of likely N-dealkylation sites (N-methyl/N-ethyl adjacent to an activating group) is 1. The highest BCUT2D eigenvalue weighted by molar-refractivity contribution is 7.88. The lowest BCUT2D eigenvalue weighted by atomic mass is 9.85. The van der Waals surface area contributed by atoms with Crippen molar-refractivity contribution in [3.63, 3.8) is 0 Å². The normalized spacial score (nSPS) is 19.6. The molecular formula is C32H49F2N7O6S. The lowest BCUT2D eigenvalue weighted by Gasteiger charge is -2.38. The number of hydrogen-bond donors (Lipinski definition) is 4. The first-order valence-electron chi connectivity index (χ1n) is 15.8. The molecule has 0 saturated carbocycles. The van der Waals surface area contributed by atoms with Crippen molar-refractivity contribution in [3.05, 3.63) is 41.7 Å². The summed E-state index contributed by atoms with van der Waals surface area (Å²) >= 11 is 0. The van der Waals surface area contributed by atoms with Crippen LogP contribution >= 0.6 is 0 Å². The highest BCUT2D eigenvalue weighted by atomic mass is 32.2. The number of carbonyl (C=O) groups excluding carboxylic acids is 4. The number of alkyl halides is 2. The zero-order chi connectivity index (χ0) is 36.2. The molecule has 1 unspecified atom stereocenters. The van der Waals surface area contributed by atoms with E-state index in [4.69, 9.17) is 0 Å². The number of likely N-dealkylation sites (tertiary alicyclic amines) is 1. The molecular weight excluding hydrogens is 648 g/mol. The molecule has 16 heteroatoms. The predicted molar refractivity (Wildman–Crippen MR) is 176 cm³/mol. The van der Waals surface area contributed by atoms with E-state index < -0.39 is 81.6 Å². The molecule has 5 atom stereocenters. The maximum Gasteiger partial charge on any atom is 0.315 e. The van der Waals surface area contributed by atoms with E-state index in [-0.39, 0.29) is 25.6 Å². The third-order valence-corrected chi connectivity index (χ3v) is 9.77. The number of halogens is 2. The third kappa shape index (κ3) is 10.7. The van der Waals surface area contributed by atoms with Gasteiger partial charge in [0.2, 0.25) is 34.2 Å². The molecule has 0 radical (unpaired) electrons. The molecule has 1 aliphatic heterocycles. The van der Waals surface area contributed by atoms with E-state index in [0.29, 0.717) is 12.0 Å². The third-order valence-electron chi connectivity index (χ3n) is 8.49. The fourth-order valence-corrected chi connectivity index (χ4v) is 5.80. The van der Waals surface area contributed by atoms with Crippen LogP contribution in [0.25, 0.3) is 0 Å². The molecule has 1 aliphatic carbocycles. The highest BCUT2D eigenvalue weighted by Crippen LogP contribution is 2.43. The first kappa shape index (κ1) is 38.8. The molecule has 0 aromatic carbocycles.